The van der Waals surface area contributed by atoms with E-state index in [4.69, 9.17) is 0 Å². The van der Waals surface area contributed by atoms with Gasteiger partial charge in [0.2, 0.25) is 0 Å². The zero-order valence-electron chi connectivity index (χ0n) is 14.8. The van der Waals surface area contributed by atoms with Crippen LogP contribution in [0.3, 0.4) is 0 Å². The molecule has 1 unspecified atom stereocenters. The molecular weight excluding hydrogens is 301 g/mol. The molecule has 0 aliphatic heterocycles. The summed E-state index contributed by atoms with van der Waals surface area (Å²) in [5, 5.41) is 4.24. The number of hydrogen-bond acceptors (Lipinski definition) is 2. The number of hydrogen-bond donors (Lipinski definition) is 0. The van der Waals surface area contributed by atoms with E-state index in [0.717, 1.165) is 13.0 Å². The fourth-order valence-electron chi connectivity index (χ4n) is 3.19. The van der Waals surface area contributed by atoms with Crippen LogP contribution < -0.4 is 0 Å². The zero-order valence-corrected chi connectivity index (χ0v) is 14.8. The van der Waals surface area contributed by atoms with Crippen LogP contribution in [-0.4, -0.2) is 14.8 Å². The third-order valence-corrected chi connectivity index (χ3v) is 4.57. The van der Waals surface area contributed by atoms with E-state index in [2.05, 4.69) is 17.0 Å². The Kier molecular flexibility index (Phi) is 8.50. The van der Waals surface area contributed by atoms with Crippen LogP contribution in [0.15, 0.2) is 36.9 Å². The Morgan fingerprint density at radius 1 is 1.00 bits per heavy atom. The highest BCUT2D eigenvalue weighted by molar-refractivity contribution is 5.16. The van der Waals surface area contributed by atoms with Crippen molar-refractivity contribution in [3.05, 3.63) is 48.3 Å². The van der Waals surface area contributed by atoms with Crippen LogP contribution in [0.4, 0.5) is 4.39 Å². The van der Waals surface area contributed by atoms with Gasteiger partial charge in [0, 0.05) is 6.54 Å². The van der Waals surface area contributed by atoms with Crippen molar-refractivity contribution in [2.45, 2.75) is 71.3 Å². The fraction of sp³-hybridized carbons (Fsp3) is 0.600. The molecule has 132 valence electrons. The maximum Gasteiger partial charge on any atom is 0.137 e. The minimum absolute atomic E-state index is 0.168. The van der Waals surface area contributed by atoms with Gasteiger partial charge < -0.3 is 0 Å². The summed E-state index contributed by atoms with van der Waals surface area (Å²) in [6.45, 7) is 3.14. The summed E-state index contributed by atoms with van der Waals surface area (Å²) in [6, 6.07) is 6.90. The maximum absolute atomic E-state index is 13.1. The molecule has 0 spiro atoms. The second kappa shape index (κ2) is 11.0. The Hall–Kier alpha value is -1.71. The minimum atomic E-state index is -0.168. The van der Waals surface area contributed by atoms with Crippen molar-refractivity contribution in [1.82, 2.24) is 14.8 Å². The topological polar surface area (TPSA) is 30.7 Å². The molecule has 0 fully saturated rings. The number of halogens is 1. The van der Waals surface area contributed by atoms with Crippen molar-refractivity contribution in [1.29, 1.82) is 0 Å². The molecule has 2 rings (SSSR count). The second-order valence-corrected chi connectivity index (χ2v) is 6.72. The van der Waals surface area contributed by atoms with Crippen LogP contribution in [0.5, 0.6) is 0 Å². The summed E-state index contributed by atoms with van der Waals surface area (Å²) in [6.07, 6.45) is 14.8. The SMILES string of the molecule is CCCCCCCCCC(Cc1ccc(F)cc1)Cn1cncn1. The van der Waals surface area contributed by atoms with E-state index in [1.165, 1.54) is 56.9 Å². The van der Waals surface area contributed by atoms with Gasteiger partial charge >= 0.3 is 0 Å². The highest BCUT2D eigenvalue weighted by Crippen LogP contribution is 2.19. The average Bonchev–Trinajstić information content (AvgIpc) is 3.09. The average molecular weight is 331 g/mol. The Balaban J connectivity index is 1.78. The number of aromatic nitrogens is 3. The number of rotatable bonds is 12. The maximum atomic E-state index is 13.1. The van der Waals surface area contributed by atoms with Gasteiger partial charge in [0.15, 0.2) is 0 Å². The first kappa shape index (κ1) is 18.6. The molecule has 0 saturated carbocycles. The van der Waals surface area contributed by atoms with E-state index < -0.39 is 0 Å². The molecule has 0 N–H and O–H groups in total. The molecule has 1 aromatic carbocycles. The fourth-order valence-corrected chi connectivity index (χ4v) is 3.19. The smallest absolute Gasteiger partial charge is 0.137 e. The second-order valence-electron chi connectivity index (χ2n) is 6.72. The quantitative estimate of drug-likeness (QED) is 0.486. The summed E-state index contributed by atoms with van der Waals surface area (Å²) in [7, 11) is 0. The normalized spacial score (nSPS) is 12.4. The lowest BCUT2D eigenvalue weighted by Crippen LogP contribution is -2.14. The Labute approximate surface area is 145 Å². The molecule has 1 atom stereocenters. The lowest BCUT2D eigenvalue weighted by atomic mass is 9.93. The largest absolute Gasteiger partial charge is 0.253 e. The first-order chi connectivity index (χ1) is 11.8. The van der Waals surface area contributed by atoms with E-state index in [1.807, 2.05) is 16.8 Å². The van der Waals surface area contributed by atoms with Crippen LogP contribution >= 0.6 is 0 Å². The van der Waals surface area contributed by atoms with Crippen molar-refractivity contribution in [2.75, 3.05) is 0 Å². The van der Waals surface area contributed by atoms with Gasteiger partial charge in [-0.2, -0.15) is 5.10 Å². The van der Waals surface area contributed by atoms with Gasteiger partial charge in [-0.3, -0.25) is 4.68 Å². The summed E-state index contributed by atoms with van der Waals surface area (Å²) < 4.78 is 15.0. The molecule has 0 radical (unpaired) electrons. The lowest BCUT2D eigenvalue weighted by Gasteiger charge is -2.17. The molecule has 1 aromatic heterocycles. The van der Waals surface area contributed by atoms with Gasteiger partial charge in [-0.25, -0.2) is 9.37 Å². The predicted molar refractivity (Wildman–Crippen MR) is 96.2 cm³/mol. The van der Waals surface area contributed by atoms with Crippen LogP contribution in [0.25, 0.3) is 0 Å². The summed E-state index contributed by atoms with van der Waals surface area (Å²) >= 11 is 0. The molecule has 3 nitrogen and oxygen atoms in total. The summed E-state index contributed by atoms with van der Waals surface area (Å²) in [4.78, 5) is 4.03. The monoisotopic (exact) mass is 331 g/mol. The number of nitrogens with zero attached hydrogens (tertiary/aromatic N) is 3. The van der Waals surface area contributed by atoms with E-state index in [0.29, 0.717) is 5.92 Å². The van der Waals surface area contributed by atoms with Crippen LogP contribution in [0.2, 0.25) is 0 Å². The third-order valence-electron chi connectivity index (χ3n) is 4.57. The van der Waals surface area contributed by atoms with Gasteiger partial charge in [-0.05, 0) is 36.5 Å². The lowest BCUT2D eigenvalue weighted by molar-refractivity contribution is 0.373. The molecule has 0 bridgehead atoms. The minimum Gasteiger partial charge on any atom is -0.253 e. The van der Waals surface area contributed by atoms with Gasteiger partial charge in [-0.15, -0.1) is 0 Å². The highest BCUT2D eigenvalue weighted by Gasteiger charge is 2.11. The Bertz CT molecular complexity index is 537. The molecule has 24 heavy (non-hydrogen) atoms. The van der Waals surface area contributed by atoms with Crippen molar-refractivity contribution in [3.63, 3.8) is 0 Å². The summed E-state index contributed by atoms with van der Waals surface area (Å²) in [5.74, 6) is 0.353. The van der Waals surface area contributed by atoms with E-state index in [9.17, 15) is 4.39 Å². The van der Waals surface area contributed by atoms with Crippen molar-refractivity contribution >= 4 is 0 Å². The summed E-state index contributed by atoms with van der Waals surface area (Å²) in [5.41, 5.74) is 1.20. The first-order valence-corrected chi connectivity index (χ1v) is 9.34. The molecule has 2 aromatic rings. The molecule has 0 aliphatic rings. The molecule has 0 amide bonds. The molecular formula is C20H30FN3. The van der Waals surface area contributed by atoms with Crippen molar-refractivity contribution in [3.8, 4) is 0 Å². The van der Waals surface area contributed by atoms with Crippen LogP contribution in [0, 0.1) is 11.7 Å². The standard InChI is InChI=1S/C20H30FN3/c1-2-3-4-5-6-7-8-9-19(15-24-17-22-16-23-24)14-18-10-12-20(21)13-11-18/h10-13,16-17,19H,2-9,14-15H2,1H3. The van der Waals surface area contributed by atoms with Crippen LogP contribution in [-0.2, 0) is 13.0 Å². The number of unbranched alkanes of at least 4 members (excludes halogenated alkanes) is 6. The van der Waals surface area contributed by atoms with E-state index >= 15 is 0 Å². The molecule has 0 saturated heterocycles. The molecule has 4 heteroatoms. The van der Waals surface area contributed by atoms with E-state index in [-0.39, 0.29) is 5.82 Å². The third kappa shape index (κ3) is 7.24. The first-order valence-electron chi connectivity index (χ1n) is 9.34. The van der Waals surface area contributed by atoms with E-state index in [1.54, 1.807) is 24.8 Å². The van der Waals surface area contributed by atoms with Crippen molar-refractivity contribution in [2.24, 2.45) is 5.92 Å². The molecule has 0 aliphatic carbocycles. The van der Waals surface area contributed by atoms with Gasteiger partial charge in [0.1, 0.15) is 18.5 Å². The Morgan fingerprint density at radius 2 is 1.71 bits per heavy atom. The highest BCUT2D eigenvalue weighted by atomic mass is 19.1. The van der Waals surface area contributed by atoms with Gasteiger partial charge in [0.25, 0.3) is 0 Å². The van der Waals surface area contributed by atoms with Crippen molar-refractivity contribution < 1.29 is 4.39 Å². The zero-order chi connectivity index (χ0) is 17.0. The van der Waals surface area contributed by atoms with Gasteiger partial charge in [-0.1, -0.05) is 64.0 Å². The van der Waals surface area contributed by atoms with Crippen LogP contribution in [0.1, 0.15) is 63.9 Å². The predicted octanol–water partition coefficient (Wildman–Crippen LogP) is 5.42. The number of benzene rings is 1. The molecule has 1 heterocycles. The van der Waals surface area contributed by atoms with Gasteiger partial charge in [0.05, 0.1) is 0 Å². The Morgan fingerprint density at radius 3 is 2.38 bits per heavy atom.